The highest BCUT2D eigenvalue weighted by atomic mass is 32.2. The molecule has 1 amide bonds. The molecule has 47 heavy (non-hydrogen) atoms. The van der Waals surface area contributed by atoms with Crippen molar-refractivity contribution in [1.82, 2.24) is 0 Å². The van der Waals surface area contributed by atoms with Crippen molar-refractivity contribution in [1.29, 1.82) is 0 Å². The molecule has 4 N–H and O–H groups in total. The number of carbonyl (C=O) groups is 3. The Morgan fingerprint density at radius 1 is 1.15 bits per heavy atom. The van der Waals surface area contributed by atoms with Crippen LogP contribution in [0.1, 0.15) is 70.2 Å². The highest BCUT2D eigenvalue weighted by Crippen LogP contribution is 2.68. The van der Waals surface area contributed by atoms with E-state index in [9.17, 15) is 28.3 Å². The summed E-state index contributed by atoms with van der Waals surface area (Å²) >= 11 is 1.18. The lowest BCUT2D eigenvalue weighted by Gasteiger charge is -2.61. The number of Topliss-reactive ketones (excluding diaryl/α,β-unsaturated/α-hetero) is 1. The smallest absolute Gasteiger partial charge is 0.461 e. The quantitative estimate of drug-likeness (QED) is 0.135. The van der Waals surface area contributed by atoms with E-state index in [1.165, 1.54) is 11.8 Å². The maximum absolute atomic E-state index is 14.2. The Hall–Kier alpha value is -3.06. The molecule has 3 saturated carbocycles. The van der Waals surface area contributed by atoms with E-state index in [4.69, 9.17) is 14.8 Å². The van der Waals surface area contributed by atoms with Crippen LogP contribution < -0.4 is 10.8 Å². The topological polar surface area (TPSA) is 133 Å². The molecule has 0 radical (unpaired) electrons. The van der Waals surface area contributed by atoms with Gasteiger partial charge in [0.2, 0.25) is 0 Å². The zero-order valence-corrected chi connectivity index (χ0v) is 27.9. The van der Waals surface area contributed by atoms with E-state index in [0.29, 0.717) is 42.0 Å². The van der Waals surface area contributed by atoms with E-state index in [1.54, 1.807) is 30.3 Å². The van der Waals surface area contributed by atoms with Crippen molar-refractivity contribution in [2.75, 3.05) is 11.1 Å². The number of halogens is 2. The van der Waals surface area contributed by atoms with Gasteiger partial charge in [0.05, 0.1) is 17.3 Å². The van der Waals surface area contributed by atoms with Crippen molar-refractivity contribution >= 4 is 47.7 Å². The highest BCUT2D eigenvalue weighted by Gasteiger charge is 2.68. The number of amides is 1. The minimum Gasteiger partial charge on any atom is -0.461 e. The molecular weight excluding hydrogens is 627 g/mol. The number of hydrogen-bond acceptors (Lipinski definition) is 8. The number of benzene rings is 2. The number of ketones is 1. The summed E-state index contributed by atoms with van der Waals surface area (Å²) in [6, 6.07) is 8.00. The van der Waals surface area contributed by atoms with Gasteiger partial charge in [0.1, 0.15) is 23.5 Å². The molecule has 0 aliphatic heterocycles. The van der Waals surface area contributed by atoms with Gasteiger partial charge in [-0.05, 0) is 73.3 Å². The average molecular weight is 670 g/mol. The SMILES string of the molecule is C=C[C@]1(C)C[C@@H](OC(=O)CSc2cccc(NC(=O)c3cc(F)c(B(O)O)c(F)c3)c2)[C@]2(C)[C@H](C)CC[C@]3(CCC(=O)[C@H]32)[C@@H](C)[C@@H]1O. The van der Waals surface area contributed by atoms with Crippen molar-refractivity contribution in [2.24, 2.45) is 34.0 Å². The lowest BCUT2D eigenvalue weighted by molar-refractivity contribution is -0.205. The van der Waals surface area contributed by atoms with Crippen LogP contribution in [-0.4, -0.2) is 57.9 Å². The molecule has 2 aromatic rings. The molecule has 3 aliphatic carbocycles. The summed E-state index contributed by atoms with van der Waals surface area (Å²) in [5.74, 6) is -4.05. The normalized spacial score (nSPS) is 33.3. The molecule has 0 spiro atoms. The fourth-order valence-corrected chi connectivity index (χ4v) is 9.40. The molecule has 252 valence electrons. The average Bonchev–Trinajstić information content (AvgIpc) is 3.37. The zero-order chi connectivity index (χ0) is 34.5. The van der Waals surface area contributed by atoms with Crippen molar-refractivity contribution in [3.63, 3.8) is 0 Å². The number of esters is 1. The second-order valence-corrected chi connectivity index (χ2v) is 15.1. The Bertz CT molecular complexity index is 1570. The van der Waals surface area contributed by atoms with Crippen molar-refractivity contribution in [3.05, 3.63) is 66.3 Å². The number of aliphatic hydroxyl groups is 1. The van der Waals surface area contributed by atoms with Gasteiger partial charge in [0.25, 0.3) is 5.91 Å². The molecule has 0 aromatic heterocycles. The number of aliphatic hydroxyl groups excluding tert-OH is 1. The predicted octanol–water partition coefficient (Wildman–Crippen LogP) is 4.90. The molecule has 8 nitrogen and oxygen atoms in total. The second kappa shape index (κ2) is 13.1. The Morgan fingerprint density at radius 3 is 2.47 bits per heavy atom. The monoisotopic (exact) mass is 669 g/mol. The number of carbonyl (C=O) groups excluding carboxylic acids is 3. The summed E-state index contributed by atoms with van der Waals surface area (Å²) in [4.78, 5) is 40.4. The highest BCUT2D eigenvalue weighted by molar-refractivity contribution is 8.00. The third-order valence-electron chi connectivity index (χ3n) is 11.6. The first-order valence-corrected chi connectivity index (χ1v) is 17.0. The van der Waals surface area contributed by atoms with Crippen LogP contribution in [0.4, 0.5) is 14.5 Å². The molecule has 2 aromatic carbocycles. The van der Waals surface area contributed by atoms with Crippen LogP contribution in [0.2, 0.25) is 0 Å². The molecular formula is C35H42BF2NO7S. The van der Waals surface area contributed by atoms with Crippen molar-refractivity contribution in [3.8, 4) is 0 Å². The van der Waals surface area contributed by atoms with Gasteiger partial charge in [-0.25, -0.2) is 8.78 Å². The number of hydrogen-bond donors (Lipinski definition) is 4. The summed E-state index contributed by atoms with van der Waals surface area (Å²) < 4.78 is 34.7. The van der Waals surface area contributed by atoms with E-state index in [2.05, 4.69) is 32.7 Å². The van der Waals surface area contributed by atoms with Gasteiger partial charge in [0.15, 0.2) is 0 Å². The Labute approximate surface area is 278 Å². The van der Waals surface area contributed by atoms with Crippen LogP contribution >= 0.6 is 11.8 Å². The summed E-state index contributed by atoms with van der Waals surface area (Å²) in [6.07, 6.45) is 3.59. The molecule has 12 heteroatoms. The third-order valence-corrected chi connectivity index (χ3v) is 12.6. The summed E-state index contributed by atoms with van der Waals surface area (Å²) in [5.41, 5.74) is -2.73. The lowest BCUT2D eigenvalue weighted by atomic mass is 9.44. The van der Waals surface area contributed by atoms with Gasteiger partial charge in [-0.2, -0.15) is 0 Å². The van der Waals surface area contributed by atoms with Crippen LogP contribution in [0.3, 0.4) is 0 Å². The van der Waals surface area contributed by atoms with E-state index >= 15 is 0 Å². The molecule has 0 saturated heterocycles. The number of rotatable bonds is 8. The van der Waals surface area contributed by atoms with Gasteiger partial charge in [-0.1, -0.05) is 39.8 Å². The fraction of sp³-hybridized carbons (Fsp3) is 0.514. The maximum atomic E-state index is 14.2. The molecule has 2 bridgehead atoms. The van der Waals surface area contributed by atoms with Gasteiger partial charge in [0, 0.05) is 39.3 Å². The number of ether oxygens (including phenoxy) is 1. The molecule has 3 aliphatic rings. The largest absolute Gasteiger partial charge is 0.494 e. The first-order valence-electron chi connectivity index (χ1n) is 16.0. The molecule has 0 heterocycles. The molecule has 8 atom stereocenters. The van der Waals surface area contributed by atoms with Gasteiger partial charge in [-0.3, -0.25) is 14.4 Å². The van der Waals surface area contributed by atoms with E-state index in [1.807, 2.05) is 6.92 Å². The summed E-state index contributed by atoms with van der Waals surface area (Å²) in [5, 5.41) is 32.6. The summed E-state index contributed by atoms with van der Waals surface area (Å²) in [6.45, 7) is 12.3. The second-order valence-electron chi connectivity index (χ2n) is 14.1. The van der Waals surface area contributed by atoms with E-state index in [-0.39, 0.29) is 40.3 Å². The lowest BCUT2D eigenvalue weighted by Crippen LogP contribution is -2.63. The first-order chi connectivity index (χ1) is 22.1. The minimum atomic E-state index is -2.37. The summed E-state index contributed by atoms with van der Waals surface area (Å²) in [7, 11) is -2.37. The molecule has 3 fully saturated rings. The Balaban J connectivity index is 1.32. The van der Waals surface area contributed by atoms with Crippen LogP contribution in [0.25, 0.3) is 0 Å². The van der Waals surface area contributed by atoms with Crippen molar-refractivity contribution in [2.45, 2.75) is 76.9 Å². The van der Waals surface area contributed by atoms with Crippen LogP contribution in [0.15, 0.2) is 53.9 Å². The third kappa shape index (κ3) is 6.18. The minimum absolute atomic E-state index is 0.0623. The standard InChI is InChI=1S/C35H42BF2NO7S/c1-6-33(4)17-27(34(5)19(2)10-12-35(20(3)31(33)42)13-11-26(40)30(34)35)46-28(41)18-47-23-9-7-8-22(16-23)39-32(43)21-14-24(37)29(36(44)45)25(38)15-21/h6-9,14-16,19-20,27,30-31,42,44-45H,1,10-13,17-18H2,2-5H3,(H,39,43)/t19-,20+,27-,30+,31+,33-,34+,35+/m1/s1. The van der Waals surface area contributed by atoms with Crippen LogP contribution in [0.5, 0.6) is 0 Å². The number of anilines is 1. The fourth-order valence-electron chi connectivity index (χ4n) is 8.67. The van der Waals surface area contributed by atoms with Gasteiger partial charge in [-0.15, -0.1) is 18.3 Å². The van der Waals surface area contributed by atoms with Gasteiger partial charge < -0.3 is 25.2 Å². The number of thioether (sulfide) groups is 1. The number of nitrogens with one attached hydrogen (secondary N) is 1. The van der Waals surface area contributed by atoms with Crippen molar-refractivity contribution < 1.29 is 43.1 Å². The molecule has 0 unspecified atom stereocenters. The van der Waals surface area contributed by atoms with Gasteiger partial charge >= 0.3 is 13.1 Å². The maximum Gasteiger partial charge on any atom is 0.494 e. The van der Waals surface area contributed by atoms with E-state index < -0.39 is 59.1 Å². The Kier molecular flexibility index (Phi) is 9.83. The predicted molar refractivity (Wildman–Crippen MR) is 176 cm³/mol. The molecule has 5 rings (SSSR count). The van der Waals surface area contributed by atoms with Crippen LogP contribution in [-0.2, 0) is 14.3 Å². The van der Waals surface area contributed by atoms with Crippen LogP contribution in [0, 0.1) is 45.6 Å². The Morgan fingerprint density at radius 2 is 1.83 bits per heavy atom. The first kappa shape index (κ1) is 35.3. The van der Waals surface area contributed by atoms with E-state index in [0.717, 1.165) is 12.8 Å². The zero-order valence-electron chi connectivity index (χ0n) is 27.1.